The number of nitrogens with one attached hydrogen (secondary N) is 1. The molecule has 0 spiro atoms. The summed E-state index contributed by atoms with van der Waals surface area (Å²) in [7, 11) is 0. The molecule has 0 unspecified atom stereocenters. The SMILES string of the molecule is Cc1ccc(-c2cc(C(=O)N3CCN(CC(=O)Nc4ccc(F)cc4)CC3)c3c(C)noc3n2)s1. The molecule has 1 N–H and O–H groups in total. The number of nitrogens with zero attached hydrogens (tertiary/aromatic N) is 4. The van der Waals surface area contributed by atoms with Crippen LogP contribution in [-0.4, -0.2) is 64.5 Å². The molecular weight excluding hydrogens is 469 g/mol. The second kappa shape index (κ2) is 9.55. The van der Waals surface area contributed by atoms with Crippen LogP contribution in [0.2, 0.25) is 0 Å². The number of halogens is 1. The minimum atomic E-state index is -0.353. The third-order valence-electron chi connectivity index (χ3n) is 6.00. The van der Waals surface area contributed by atoms with E-state index in [0.29, 0.717) is 59.9 Å². The summed E-state index contributed by atoms with van der Waals surface area (Å²) in [6.45, 7) is 6.14. The number of anilines is 1. The number of hydrogen-bond donors (Lipinski definition) is 1. The van der Waals surface area contributed by atoms with E-state index < -0.39 is 0 Å². The number of piperazine rings is 1. The molecule has 180 valence electrons. The number of thiophene rings is 1. The molecule has 0 bridgehead atoms. The van der Waals surface area contributed by atoms with Crippen molar-refractivity contribution in [1.82, 2.24) is 19.9 Å². The number of pyridine rings is 1. The van der Waals surface area contributed by atoms with Crippen molar-refractivity contribution in [2.45, 2.75) is 13.8 Å². The van der Waals surface area contributed by atoms with Crippen LogP contribution in [0.25, 0.3) is 21.7 Å². The number of carbonyl (C=O) groups is 2. The van der Waals surface area contributed by atoms with E-state index in [1.54, 1.807) is 23.2 Å². The molecule has 8 nitrogen and oxygen atoms in total. The van der Waals surface area contributed by atoms with Crippen LogP contribution in [0.15, 0.2) is 47.0 Å². The first kappa shape index (κ1) is 23.1. The van der Waals surface area contributed by atoms with E-state index in [4.69, 9.17) is 4.52 Å². The van der Waals surface area contributed by atoms with Crippen LogP contribution in [0.4, 0.5) is 10.1 Å². The number of hydrogen-bond acceptors (Lipinski definition) is 7. The summed E-state index contributed by atoms with van der Waals surface area (Å²) in [6, 6.07) is 11.5. The smallest absolute Gasteiger partial charge is 0.259 e. The van der Waals surface area contributed by atoms with Crippen LogP contribution in [-0.2, 0) is 4.79 Å². The van der Waals surface area contributed by atoms with Gasteiger partial charge in [-0.25, -0.2) is 9.37 Å². The van der Waals surface area contributed by atoms with Crippen molar-refractivity contribution in [2.75, 3.05) is 38.0 Å². The van der Waals surface area contributed by atoms with Gasteiger partial charge in [0.2, 0.25) is 5.91 Å². The summed E-state index contributed by atoms with van der Waals surface area (Å²) in [5.74, 6) is -0.633. The fourth-order valence-electron chi connectivity index (χ4n) is 4.18. The topological polar surface area (TPSA) is 91.6 Å². The van der Waals surface area contributed by atoms with Crippen molar-refractivity contribution < 1.29 is 18.5 Å². The lowest BCUT2D eigenvalue weighted by atomic mass is 10.1. The maximum atomic E-state index is 13.6. The Morgan fingerprint density at radius 1 is 1.09 bits per heavy atom. The van der Waals surface area contributed by atoms with E-state index in [0.717, 1.165) is 9.75 Å². The Morgan fingerprint density at radius 2 is 1.83 bits per heavy atom. The lowest BCUT2D eigenvalue weighted by Crippen LogP contribution is -2.50. The molecule has 5 rings (SSSR count). The van der Waals surface area contributed by atoms with E-state index in [-0.39, 0.29) is 24.2 Å². The predicted molar refractivity (Wildman–Crippen MR) is 132 cm³/mol. The highest BCUT2D eigenvalue weighted by molar-refractivity contribution is 7.15. The molecule has 1 fully saturated rings. The van der Waals surface area contributed by atoms with E-state index in [1.807, 2.05) is 30.0 Å². The molecule has 2 amide bonds. The number of amides is 2. The number of benzene rings is 1. The molecule has 3 aromatic heterocycles. The van der Waals surface area contributed by atoms with Crippen molar-refractivity contribution in [3.8, 4) is 10.6 Å². The van der Waals surface area contributed by atoms with Gasteiger partial charge in [0.25, 0.3) is 11.6 Å². The summed E-state index contributed by atoms with van der Waals surface area (Å²) in [5.41, 5.74) is 2.74. The van der Waals surface area contributed by atoms with Crippen molar-refractivity contribution in [3.05, 3.63) is 64.4 Å². The Labute approximate surface area is 205 Å². The molecule has 1 aliphatic heterocycles. The monoisotopic (exact) mass is 493 g/mol. The van der Waals surface area contributed by atoms with Crippen molar-refractivity contribution in [2.24, 2.45) is 0 Å². The van der Waals surface area contributed by atoms with Crippen LogP contribution >= 0.6 is 11.3 Å². The lowest BCUT2D eigenvalue weighted by Gasteiger charge is -2.34. The molecule has 1 aliphatic rings. The normalized spacial score (nSPS) is 14.4. The van der Waals surface area contributed by atoms with E-state index in [9.17, 15) is 14.0 Å². The summed E-state index contributed by atoms with van der Waals surface area (Å²) >= 11 is 1.61. The first-order chi connectivity index (χ1) is 16.9. The van der Waals surface area contributed by atoms with Crippen LogP contribution in [0.5, 0.6) is 0 Å². The van der Waals surface area contributed by atoms with E-state index in [1.165, 1.54) is 24.3 Å². The first-order valence-corrected chi connectivity index (χ1v) is 12.1. The van der Waals surface area contributed by atoms with Crippen LogP contribution in [0.1, 0.15) is 20.9 Å². The predicted octanol–water partition coefficient (Wildman–Crippen LogP) is 4.10. The maximum absolute atomic E-state index is 13.6. The van der Waals surface area contributed by atoms with E-state index >= 15 is 0 Å². The van der Waals surface area contributed by atoms with Crippen molar-refractivity contribution in [3.63, 3.8) is 0 Å². The zero-order valence-corrected chi connectivity index (χ0v) is 20.2. The van der Waals surface area contributed by atoms with Crippen molar-refractivity contribution >= 4 is 39.9 Å². The van der Waals surface area contributed by atoms with Gasteiger partial charge in [-0.3, -0.25) is 14.5 Å². The van der Waals surface area contributed by atoms with Gasteiger partial charge in [-0.05, 0) is 56.3 Å². The van der Waals surface area contributed by atoms with Gasteiger partial charge in [0.05, 0.1) is 33.8 Å². The highest BCUT2D eigenvalue weighted by Gasteiger charge is 2.27. The Kier molecular flexibility index (Phi) is 6.31. The fraction of sp³-hybridized carbons (Fsp3) is 0.280. The van der Waals surface area contributed by atoms with Gasteiger partial charge in [-0.1, -0.05) is 5.16 Å². The average molecular weight is 494 g/mol. The summed E-state index contributed by atoms with van der Waals surface area (Å²) in [4.78, 5) is 36.4. The van der Waals surface area contributed by atoms with Gasteiger partial charge in [0.1, 0.15) is 5.82 Å². The van der Waals surface area contributed by atoms with Gasteiger partial charge in [-0.2, -0.15) is 0 Å². The summed E-state index contributed by atoms with van der Waals surface area (Å²) in [6.07, 6.45) is 0. The third-order valence-corrected chi connectivity index (χ3v) is 7.02. The highest BCUT2D eigenvalue weighted by atomic mass is 32.1. The standard InChI is InChI=1S/C25H24FN5O3S/c1-15-3-8-21(35-15)20-13-19(23-16(2)29-34-24(23)28-20)25(33)31-11-9-30(10-12-31)14-22(32)27-18-6-4-17(26)5-7-18/h3-8,13H,9-12,14H2,1-2H3,(H,27,32). The molecular formula is C25H24FN5O3S. The number of aryl methyl sites for hydroxylation is 2. The Balaban J connectivity index is 1.27. The fourth-order valence-corrected chi connectivity index (χ4v) is 5.01. The van der Waals surface area contributed by atoms with Crippen LogP contribution in [0.3, 0.4) is 0 Å². The number of carbonyl (C=O) groups excluding carboxylic acids is 2. The molecule has 4 aromatic rings. The molecule has 0 aliphatic carbocycles. The molecule has 35 heavy (non-hydrogen) atoms. The maximum Gasteiger partial charge on any atom is 0.259 e. The lowest BCUT2D eigenvalue weighted by molar-refractivity contribution is -0.117. The Bertz CT molecular complexity index is 1390. The average Bonchev–Trinajstić information content (AvgIpc) is 3.45. The Morgan fingerprint density at radius 3 is 2.51 bits per heavy atom. The summed E-state index contributed by atoms with van der Waals surface area (Å²) in [5, 5.41) is 7.43. The Hall–Kier alpha value is -3.63. The second-order valence-corrected chi connectivity index (χ2v) is 9.82. The summed E-state index contributed by atoms with van der Waals surface area (Å²) < 4.78 is 18.5. The zero-order chi connectivity index (χ0) is 24.5. The number of aromatic nitrogens is 2. The quantitative estimate of drug-likeness (QED) is 0.450. The van der Waals surface area contributed by atoms with Gasteiger partial charge in [0.15, 0.2) is 0 Å². The van der Waals surface area contributed by atoms with Gasteiger partial charge in [-0.15, -0.1) is 11.3 Å². The minimum absolute atomic E-state index is 0.103. The van der Waals surface area contributed by atoms with Gasteiger partial charge < -0.3 is 14.7 Å². The molecule has 0 saturated carbocycles. The number of fused-ring (bicyclic) bond motifs is 1. The molecule has 0 radical (unpaired) electrons. The molecule has 0 atom stereocenters. The highest BCUT2D eigenvalue weighted by Crippen LogP contribution is 2.31. The molecule has 4 heterocycles. The van der Waals surface area contributed by atoms with Crippen LogP contribution < -0.4 is 5.32 Å². The number of rotatable bonds is 5. The van der Waals surface area contributed by atoms with Crippen molar-refractivity contribution in [1.29, 1.82) is 0 Å². The largest absolute Gasteiger partial charge is 0.336 e. The third kappa shape index (κ3) is 4.94. The van der Waals surface area contributed by atoms with Gasteiger partial charge >= 0.3 is 0 Å². The van der Waals surface area contributed by atoms with Crippen LogP contribution in [0, 0.1) is 19.7 Å². The zero-order valence-electron chi connectivity index (χ0n) is 19.4. The van der Waals surface area contributed by atoms with E-state index in [2.05, 4.69) is 15.5 Å². The minimum Gasteiger partial charge on any atom is -0.336 e. The molecule has 1 saturated heterocycles. The second-order valence-electron chi connectivity index (χ2n) is 8.54. The van der Waals surface area contributed by atoms with Gasteiger partial charge in [0, 0.05) is 36.7 Å². The molecule has 1 aromatic carbocycles. The first-order valence-electron chi connectivity index (χ1n) is 11.3. The molecule has 10 heteroatoms.